The van der Waals surface area contributed by atoms with E-state index in [0.717, 1.165) is 30.6 Å². The minimum Gasteiger partial charge on any atom is -0.437 e. The Bertz CT molecular complexity index is 993. The van der Waals surface area contributed by atoms with Crippen LogP contribution in [0.2, 0.25) is 0 Å². The second-order valence-electron chi connectivity index (χ2n) is 7.11. The molecule has 0 aliphatic carbocycles. The van der Waals surface area contributed by atoms with Crippen LogP contribution in [0, 0.1) is 11.8 Å². The molecule has 2 fully saturated rings. The maximum atomic E-state index is 12.8. The molecule has 5 nitrogen and oxygen atoms in total. The molecule has 138 valence electrons. The highest BCUT2D eigenvalue weighted by Crippen LogP contribution is 2.34. The van der Waals surface area contributed by atoms with Crippen LogP contribution in [0.1, 0.15) is 0 Å². The fourth-order valence-corrected chi connectivity index (χ4v) is 4.31. The van der Waals surface area contributed by atoms with E-state index in [4.69, 9.17) is 4.42 Å². The highest BCUT2D eigenvalue weighted by molar-refractivity contribution is 5.90. The van der Waals surface area contributed by atoms with Crippen molar-refractivity contribution >= 4 is 52.6 Å². The average Bonchev–Trinajstić information content (AvgIpc) is 3.12. The molecular weight excluding hydrogens is 373 g/mol. The van der Waals surface area contributed by atoms with Gasteiger partial charge in [0.15, 0.2) is 0 Å². The van der Waals surface area contributed by atoms with Crippen LogP contribution >= 0.6 is 24.8 Å². The Morgan fingerprint density at radius 1 is 1.04 bits per heavy atom. The van der Waals surface area contributed by atoms with Crippen LogP contribution in [-0.2, 0) is 0 Å². The van der Waals surface area contributed by atoms with E-state index < -0.39 is 0 Å². The van der Waals surface area contributed by atoms with Crippen molar-refractivity contribution in [1.29, 1.82) is 0 Å². The monoisotopic (exact) mass is 393 g/mol. The average molecular weight is 394 g/mol. The van der Waals surface area contributed by atoms with Gasteiger partial charge in [0.05, 0.1) is 10.8 Å². The standard InChI is InChI=1S/C19H19N3O2.2ClH/c1-21-8-12-10-22(11-13(12)9-21)14-4-5-17-16(7-14)18(23)15-3-2-6-20-19(15)24-17;;/h2-7,12-13H,8-11H2,1H3;2*1H. The van der Waals surface area contributed by atoms with Gasteiger partial charge in [0.1, 0.15) is 5.58 Å². The summed E-state index contributed by atoms with van der Waals surface area (Å²) in [5.74, 6) is 1.48. The number of aromatic nitrogens is 1. The molecule has 2 aromatic heterocycles. The van der Waals surface area contributed by atoms with Crippen molar-refractivity contribution in [3.05, 3.63) is 46.8 Å². The van der Waals surface area contributed by atoms with Gasteiger partial charge in [-0.15, -0.1) is 24.8 Å². The summed E-state index contributed by atoms with van der Waals surface area (Å²) < 4.78 is 5.80. The third-order valence-corrected chi connectivity index (χ3v) is 5.46. The number of benzene rings is 1. The zero-order chi connectivity index (χ0) is 16.3. The summed E-state index contributed by atoms with van der Waals surface area (Å²) >= 11 is 0. The minimum atomic E-state index is 0. The topological polar surface area (TPSA) is 49.6 Å². The predicted octanol–water partition coefficient (Wildman–Crippen LogP) is 3.18. The summed E-state index contributed by atoms with van der Waals surface area (Å²) in [4.78, 5) is 21.8. The molecule has 2 atom stereocenters. The van der Waals surface area contributed by atoms with E-state index in [-0.39, 0.29) is 30.2 Å². The quantitative estimate of drug-likeness (QED) is 0.594. The number of rotatable bonds is 1. The van der Waals surface area contributed by atoms with Crippen LogP contribution in [0.4, 0.5) is 5.69 Å². The van der Waals surface area contributed by atoms with Crippen LogP contribution in [0.5, 0.6) is 0 Å². The number of likely N-dealkylation sites (tertiary alicyclic amines) is 1. The number of nitrogens with zero attached hydrogens (tertiary/aromatic N) is 3. The molecule has 4 heterocycles. The van der Waals surface area contributed by atoms with E-state index in [0.29, 0.717) is 22.1 Å². The molecule has 5 rings (SSSR count). The van der Waals surface area contributed by atoms with Crippen molar-refractivity contribution in [2.24, 2.45) is 11.8 Å². The van der Waals surface area contributed by atoms with Crippen molar-refractivity contribution in [1.82, 2.24) is 9.88 Å². The highest BCUT2D eigenvalue weighted by Gasteiger charge is 2.38. The van der Waals surface area contributed by atoms with E-state index in [2.05, 4.69) is 27.9 Å². The first-order chi connectivity index (χ1) is 11.7. The maximum absolute atomic E-state index is 12.8. The van der Waals surface area contributed by atoms with Gasteiger partial charge in [-0.05, 0) is 49.2 Å². The van der Waals surface area contributed by atoms with Crippen LogP contribution in [0.15, 0.2) is 45.7 Å². The summed E-state index contributed by atoms with van der Waals surface area (Å²) in [6.45, 7) is 4.49. The van der Waals surface area contributed by atoms with E-state index in [1.165, 1.54) is 13.1 Å². The molecule has 2 unspecified atom stereocenters. The zero-order valence-corrected chi connectivity index (χ0v) is 16.1. The second kappa shape index (κ2) is 7.06. The summed E-state index contributed by atoms with van der Waals surface area (Å²) in [7, 11) is 2.20. The van der Waals surface area contributed by atoms with Crippen molar-refractivity contribution in [2.75, 3.05) is 38.1 Å². The molecule has 1 aromatic carbocycles. The maximum Gasteiger partial charge on any atom is 0.230 e. The lowest BCUT2D eigenvalue weighted by Crippen LogP contribution is -2.26. The predicted molar refractivity (Wildman–Crippen MR) is 109 cm³/mol. The number of anilines is 1. The zero-order valence-electron chi connectivity index (χ0n) is 14.4. The fraction of sp³-hybridized carbons (Fsp3) is 0.368. The molecule has 0 bridgehead atoms. The van der Waals surface area contributed by atoms with Crippen LogP contribution < -0.4 is 10.3 Å². The molecule has 0 amide bonds. The van der Waals surface area contributed by atoms with Crippen LogP contribution in [0.25, 0.3) is 22.1 Å². The normalized spacial score (nSPS) is 22.3. The fourth-order valence-electron chi connectivity index (χ4n) is 4.31. The molecule has 7 heteroatoms. The first-order valence-electron chi connectivity index (χ1n) is 8.44. The molecule has 2 aliphatic heterocycles. The van der Waals surface area contributed by atoms with Crippen molar-refractivity contribution < 1.29 is 4.42 Å². The van der Waals surface area contributed by atoms with E-state index in [1.54, 1.807) is 18.3 Å². The van der Waals surface area contributed by atoms with Crippen LogP contribution in [-0.4, -0.2) is 43.1 Å². The van der Waals surface area contributed by atoms with Gasteiger partial charge in [0.2, 0.25) is 11.1 Å². The molecule has 2 aliphatic rings. The molecule has 0 N–H and O–H groups in total. The lowest BCUT2D eigenvalue weighted by Gasteiger charge is -2.21. The van der Waals surface area contributed by atoms with E-state index >= 15 is 0 Å². The number of fused-ring (bicyclic) bond motifs is 3. The van der Waals surface area contributed by atoms with Gasteiger partial charge in [-0.25, -0.2) is 4.98 Å². The van der Waals surface area contributed by atoms with Crippen molar-refractivity contribution in [2.45, 2.75) is 0 Å². The molecule has 26 heavy (non-hydrogen) atoms. The molecule has 0 saturated carbocycles. The van der Waals surface area contributed by atoms with E-state index in [9.17, 15) is 4.79 Å². The minimum absolute atomic E-state index is 0. The Morgan fingerprint density at radius 3 is 2.50 bits per heavy atom. The number of pyridine rings is 1. The Balaban J connectivity index is 0.000000980. The van der Waals surface area contributed by atoms with Gasteiger partial charge in [0, 0.05) is 38.1 Å². The van der Waals surface area contributed by atoms with Gasteiger partial charge < -0.3 is 14.2 Å². The number of hydrogen-bond donors (Lipinski definition) is 0. The van der Waals surface area contributed by atoms with Gasteiger partial charge in [-0.2, -0.15) is 0 Å². The van der Waals surface area contributed by atoms with Gasteiger partial charge in [0.25, 0.3) is 0 Å². The van der Waals surface area contributed by atoms with Gasteiger partial charge >= 0.3 is 0 Å². The largest absolute Gasteiger partial charge is 0.437 e. The number of halogens is 2. The third-order valence-electron chi connectivity index (χ3n) is 5.46. The Kier molecular flexibility index (Phi) is 5.15. The number of hydrogen-bond acceptors (Lipinski definition) is 5. The van der Waals surface area contributed by atoms with Gasteiger partial charge in [-0.3, -0.25) is 4.79 Å². The van der Waals surface area contributed by atoms with Gasteiger partial charge in [-0.1, -0.05) is 0 Å². The van der Waals surface area contributed by atoms with Crippen molar-refractivity contribution in [3.8, 4) is 0 Å². The smallest absolute Gasteiger partial charge is 0.230 e. The summed E-state index contributed by atoms with van der Waals surface area (Å²) in [5.41, 5.74) is 2.13. The highest BCUT2D eigenvalue weighted by atomic mass is 35.5. The first-order valence-corrected chi connectivity index (χ1v) is 8.44. The lowest BCUT2D eigenvalue weighted by molar-refractivity contribution is 0.387. The first kappa shape index (κ1) is 19.0. The Hall–Kier alpha value is -1.82. The molecule has 2 saturated heterocycles. The molecule has 0 spiro atoms. The molecule has 3 aromatic rings. The Morgan fingerprint density at radius 2 is 1.77 bits per heavy atom. The van der Waals surface area contributed by atoms with Crippen molar-refractivity contribution in [3.63, 3.8) is 0 Å². The van der Waals surface area contributed by atoms with E-state index in [1.807, 2.05) is 12.1 Å². The summed E-state index contributed by atoms with van der Waals surface area (Å²) in [6, 6.07) is 9.49. The Labute approximate surface area is 163 Å². The second-order valence-corrected chi connectivity index (χ2v) is 7.11. The molecular formula is C19H21Cl2N3O2. The SMILES string of the molecule is CN1CC2CN(c3ccc4oc5ncccc5c(=O)c4c3)CC2C1.Cl.Cl. The third kappa shape index (κ3) is 2.94. The van der Waals surface area contributed by atoms with Crippen LogP contribution in [0.3, 0.4) is 0 Å². The lowest BCUT2D eigenvalue weighted by atomic mass is 10.0. The molecule has 0 radical (unpaired) electrons. The summed E-state index contributed by atoms with van der Waals surface area (Å²) in [6.07, 6.45) is 1.64. The summed E-state index contributed by atoms with van der Waals surface area (Å²) in [5, 5.41) is 1.18.